The van der Waals surface area contributed by atoms with Gasteiger partial charge >= 0.3 is 0 Å². The molecule has 1 aromatic carbocycles. The molecule has 0 N–H and O–H groups in total. The van der Waals surface area contributed by atoms with E-state index in [1.807, 2.05) is 24.3 Å². The summed E-state index contributed by atoms with van der Waals surface area (Å²) in [7, 11) is 0. The number of rotatable bonds is 4. The van der Waals surface area contributed by atoms with Crippen molar-refractivity contribution in [2.24, 2.45) is 0 Å². The molecule has 0 unspecified atom stereocenters. The number of carbonyl (C=O) groups is 1. The molecule has 0 aliphatic carbocycles. The van der Waals surface area contributed by atoms with E-state index >= 15 is 0 Å². The summed E-state index contributed by atoms with van der Waals surface area (Å²) in [4.78, 5) is 10.5. The Kier molecular flexibility index (Phi) is 2.86. The fraction of sp³-hybridized carbons (Fsp3) is 0.214. The van der Waals surface area contributed by atoms with Crippen molar-refractivity contribution in [3.05, 3.63) is 42.2 Å². The van der Waals surface area contributed by atoms with Crippen LogP contribution in [0.25, 0.3) is 11.3 Å². The molecule has 0 spiro atoms. The van der Waals surface area contributed by atoms with E-state index in [4.69, 9.17) is 13.9 Å². The SMILES string of the molecule is O=Cc1ccc(-c2ccc(OC3COC3)cc2)o1. The molecule has 92 valence electrons. The summed E-state index contributed by atoms with van der Waals surface area (Å²) in [5, 5.41) is 0. The van der Waals surface area contributed by atoms with E-state index in [0.717, 1.165) is 11.3 Å². The Morgan fingerprint density at radius 2 is 1.89 bits per heavy atom. The molecule has 1 fully saturated rings. The number of hydrogen-bond acceptors (Lipinski definition) is 4. The first kappa shape index (κ1) is 11.0. The van der Waals surface area contributed by atoms with Crippen LogP contribution < -0.4 is 4.74 Å². The summed E-state index contributed by atoms with van der Waals surface area (Å²) in [5.74, 6) is 1.82. The topological polar surface area (TPSA) is 48.7 Å². The molecule has 18 heavy (non-hydrogen) atoms. The third-order valence-electron chi connectivity index (χ3n) is 2.79. The highest BCUT2D eigenvalue weighted by atomic mass is 16.6. The Morgan fingerprint density at radius 1 is 1.11 bits per heavy atom. The predicted octanol–water partition coefficient (Wildman–Crippen LogP) is 2.54. The van der Waals surface area contributed by atoms with Gasteiger partial charge in [-0.05, 0) is 36.4 Å². The molecule has 0 atom stereocenters. The van der Waals surface area contributed by atoms with Crippen molar-refractivity contribution in [1.82, 2.24) is 0 Å². The van der Waals surface area contributed by atoms with Crippen LogP contribution in [0.15, 0.2) is 40.8 Å². The quantitative estimate of drug-likeness (QED) is 0.775. The monoisotopic (exact) mass is 244 g/mol. The summed E-state index contributed by atoms with van der Waals surface area (Å²) in [6.07, 6.45) is 0.860. The van der Waals surface area contributed by atoms with Crippen LogP contribution in [0.3, 0.4) is 0 Å². The van der Waals surface area contributed by atoms with Crippen molar-refractivity contribution in [2.75, 3.05) is 13.2 Å². The van der Waals surface area contributed by atoms with Gasteiger partial charge in [0.05, 0.1) is 13.2 Å². The third kappa shape index (κ3) is 2.15. The van der Waals surface area contributed by atoms with Crippen molar-refractivity contribution < 1.29 is 18.7 Å². The summed E-state index contributed by atoms with van der Waals surface area (Å²) in [5.41, 5.74) is 0.917. The molecule has 1 aliphatic rings. The Hall–Kier alpha value is -2.07. The molecule has 2 heterocycles. The Morgan fingerprint density at radius 3 is 2.44 bits per heavy atom. The highest BCUT2D eigenvalue weighted by Crippen LogP contribution is 2.25. The summed E-state index contributed by atoms with van der Waals surface area (Å²) >= 11 is 0. The molecule has 2 aromatic rings. The largest absolute Gasteiger partial charge is 0.486 e. The Labute approximate surface area is 104 Å². The maximum absolute atomic E-state index is 10.5. The highest BCUT2D eigenvalue weighted by Gasteiger charge is 2.19. The van der Waals surface area contributed by atoms with Gasteiger partial charge in [-0.2, -0.15) is 0 Å². The van der Waals surface area contributed by atoms with E-state index in [9.17, 15) is 4.79 Å². The van der Waals surface area contributed by atoms with Crippen molar-refractivity contribution >= 4 is 6.29 Å². The number of carbonyl (C=O) groups excluding carboxylic acids is 1. The lowest BCUT2D eigenvalue weighted by Gasteiger charge is -2.26. The normalized spacial score (nSPS) is 15.1. The molecule has 4 nitrogen and oxygen atoms in total. The average Bonchev–Trinajstić information content (AvgIpc) is 2.83. The maximum Gasteiger partial charge on any atom is 0.185 e. The molecular formula is C14H12O4. The van der Waals surface area contributed by atoms with Gasteiger partial charge < -0.3 is 13.9 Å². The summed E-state index contributed by atoms with van der Waals surface area (Å²) < 4.78 is 16.0. The van der Waals surface area contributed by atoms with E-state index in [2.05, 4.69) is 0 Å². The van der Waals surface area contributed by atoms with Gasteiger partial charge in [-0.1, -0.05) is 0 Å². The Balaban J connectivity index is 1.75. The van der Waals surface area contributed by atoms with Gasteiger partial charge in [0.1, 0.15) is 17.6 Å². The van der Waals surface area contributed by atoms with E-state index in [1.165, 1.54) is 0 Å². The zero-order valence-corrected chi connectivity index (χ0v) is 9.67. The van der Waals surface area contributed by atoms with Crippen molar-refractivity contribution in [2.45, 2.75) is 6.10 Å². The standard InChI is InChI=1S/C14H12O4/c15-7-12-5-6-14(18-12)10-1-3-11(4-2-10)17-13-8-16-9-13/h1-7,13H,8-9H2. The number of ether oxygens (including phenoxy) is 2. The number of benzene rings is 1. The predicted molar refractivity (Wildman–Crippen MR) is 64.8 cm³/mol. The minimum atomic E-state index is 0.168. The fourth-order valence-corrected chi connectivity index (χ4v) is 1.74. The second-order valence-corrected chi connectivity index (χ2v) is 4.12. The van der Waals surface area contributed by atoms with Gasteiger partial charge in [0.2, 0.25) is 0 Å². The lowest BCUT2D eigenvalue weighted by molar-refractivity contribution is -0.0796. The van der Waals surface area contributed by atoms with Crippen LogP contribution in [0.1, 0.15) is 10.6 Å². The lowest BCUT2D eigenvalue weighted by Crippen LogP contribution is -2.38. The number of hydrogen-bond donors (Lipinski definition) is 0. The minimum absolute atomic E-state index is 0.168. The molecule has 3 rings (SSSR count). The lowest BCUT2D eigenvalue weighted by atomic mass is 10.1. The van der Waals surface area contributed by atoms with Gasteiger partial charge in [0, 0.05) is 5.56 Å². The second kappa shape index (κ2) is 4.66. The first-order chi connectivity index (χ1) is 8.85. The van der Waals surface area contributed by atoms with E-state index in [-0.39, 0.29) is 6.10 Å². The smallest absolute Gasteiger partial charge is 0.185 e. The van der Waals surface area contributed by atoms with E-state index in [1.54, 1.807) is 12.1 Å². The van der Waals surface area contributed by atoms with Gasteiger partial charge in [-0.25, -0.2) is 0 Å². The maximum atomic E-state index is 10.5. The van der Waals surface area contributed by atoms with Gasteiger partial charge in [0.15, 0.2) is 12.0 Å². The van der Waals surface area contributed by atoms with Crippen LogP contribution in [-0.2, 0) is 4.74 Å². The summed E-state index contributed by atoms with van der Waals surface area (Å²) in [6.45, 7) is 1.31. The van der Waals surface area contributed by atoms with E-state index < -0.39 is 0 Å². The summed E-state index contributed by atoms with van der Waals surface area (Å²) in [6, 6.07) is 11.0. The van der Waals surface area contributed by atoms with Gasteiger partial charge in [-0.3, -0.25) is 4.79 Å². The molecule has 1 aromatic heterocycles. The minimum Gasteiger partial charge on any atom is -0.486 e. The van der Waals surface area contributed by atoms with Crippen molar-refractivity contribution in [3.8, 4) is 17.1 Å². The zero-order chi connectivity index (χ0) is 12.4. The number of furan rings is 1. The second-order valence-electron chi connectivity index (χ2n) is 4.12. The van der Waals surface area contributed by atoms with Crippen LogP contribution >= 0.6 is 0 Å². The van der Waals surface area contributed by atoms with Gasteiger partial charge in [-0.15, -0.1) is 0 Å². The van der Waals surface area contributed by atoms with Crippen LogP contribution in [0, 0.1) is 0 Å². The van der Waals surface area contributed by atoms with Crippen LogP contribution in [0.5, 0.6) is 5.75 Å². The molecule has 4 heteroatoms. The first-order valence-corrected chi connectivity index (χ1v) is 5.75. The average molecular weight is 244 g/mol. The van der Waals surface area contributed by atoms with Crippen LogP contribution in [0.4, 0.5) is 0 Å². The van der Waals surface area contributed by atoms with Crippen molar-refractivity contribution in [1.29, 1.82) is 0 Å². The molecule has 0 amide bonds. The number of aldehydes is 1. The molecule has 1 saturated heterocycles. The Bertz CT molecular complexity index is 537. The molecule has 1 aliphatic heterocycles. The first-order valence-electron chi connectivity index (χ1n) is 5.75. The zero-order valence-electron chi connectivity index (χ0n) is 9.67. The van der Waals surface area contributed by atoms with Crippen LogP contribution in [0.2, 0.25) is 0 Å². The molecule has 0 saturated carbocycles. The van der Waals surface area contributed by atoms with Crippen molar-refractivity contribution in [3.63, 3.8) is 0 Å². The van der Waals surface area contributed by atoms with Crippen LogP contribution in [-0.4, -0.2) is 25.6 Å². The van der Waals surface area contributed by atoms with Gasteiger partial charge in [0.25, 0.3) is 0 Å². The van der Waals surface area contributed by atoms with E-state index in [0.29, 0.717) is 31.0 Å². The molecule has 0 bridgehead atoms. The fourth-order valence-electron chi connectivity index (χ4n) is 1.74. The third-order valence-corrected chi connectivity index (χ3v) is 2.79. The molecule has 0 radical (unpaired) electrons. The highest BCUT2D eigenvalue weighted by molar-refractivity contribution is 5.72. The molecular weight excluding hydrogens is 232 g/mol.